The Morgan fingerprint density at radius 1 is 1.50 bits per heavy atom. The maximum atomic E-state index is 12.1. The number of carbonyl (C=O) groups excluding carboxylic acids is 1. The van der Waals surface area contributed by atoms with Crippen molar-refractivity contribution < 1.29 is 4.79 Å². The van der Waals surface area contributed by atoms with Gasteiger partial charge >= 0.3 is 0 Å². The third-order valence-corrected chi connectivity index (χ3v) is 3.48. The van der Waals surface area contributed by atoms with Crippen LogP contribution in [-0.2, 0) is 0 Å². The topological polar surface area (TPSA) is 54.0 Å². The Bertz CT molecular complexity index is 458. The summed E-state index contributed by atoms with van der Waals surface area (Å²) in [5.74, 6) is 0.551. The molecule has 0 saturated heterocycles. The van der Waals surface area contributed by atoms with E-state index in [4.69, 9.17) is 11.6 Å². The number of hydrogen-bond acceptors (Lipinski definition) is 3. The number of halogens is 1. The molecule has 1 aliphatic rings. The second-order valence-corrected chi connectivity index (χ2v) is 5.35. The normalized spacial score (nSPS) is 16.8. The molecule has 0 unspecified atom stereocenters. The minimum Gasteiger partial charge on any atom is -0.370 e. The molecule has 0 aliphatic heterocycles. The first-order chi connectivity index (χ1) is 8.52. The van der Waals surface area contributed by atoms with Crippen molar-refractivity contribution in [1.29, 1.82) is 0 Å². The molecule has 0 atom stereocenters. The molecule has 98 valence electrons. The zero-order chi connectivity index (χ0) is 13.2. The molecule has 5 heteroatoms. The minimum atomic E-state index is -0.0827. The van der Waals surface area contributed by atoms with E-state index in [2.05, 4.69) is 22.5 Å². The zero-order valence-corrected chi connectivity index (χ0v) is 11.5. The van der Waals surface area contributed by atoms with Crippen LogP contribution in [0.5, 0.6) is 0 Å². The standard InChI is InChI=1S/C13H18ClN3O/c1-3-15-11-8-9(7-10(14)16-11)12(18)17-13(2)5-4-6-13/h7-8H,3-6H2,1-2H3,(H,15,16)(H,17,18). The Hall–Kier alpha value is -1.29. The van der Waals surface area contributed by atoms with Gasteiger partial charge in [-0.3, -0.25) is 4.79 Å². The van der Waals surface area contributed by atoms with Crippen LogP contribution in [0.2, 0.25) is 5.15 Å². The van der Waals surface area contributed by atoms with Crippen LogP contribution < -0.4 is 10.6 Å². The summed E-state index contributed by atoms with van der Waals surface area (Å²) in [5, 5.41) is 6.44. The molecule has 1 saturated carbocycles. The summed E-state index contributed by atoms with van der Waals surface area (Å²) in [4.78, 5) is 16.2. The van der Waals surface area contributed by atoms with Gasteiger partial charge in [0.1, 0.15) is 11.0 Å². The lowest BCUT2D eigenvalue weighted by Gasteiger charge is -2.39. The third kappa shape index (κ3) is 2.93. The Morgan fingerprint density at radius 2 is 2.22 bits per heavy atom. The summed E-state index contributed by atoms with van der Waals surface area (Å²) >= 11 is 5.92. The second kappa shape index (κ2) is 5.14. The van der Waals surface area contributed by atoms with Gasteiger partial charge in [-0.1, -0.05) is 11.6 Å². The van der Waals surface area contributed by atoms with Crippen LogP contribution >= 0.6 is 11.6 Å². The van der Waals surface area contributed by atoms with Crippen molar-refractivity contribution >= 4 is 23.3 Å². The number of pyridine rings is 1. The van der Waals surface area contributed by atoms with E-state index in [0.717, 1.165) is 19.4 Å². The van der Waals surface area contributed by atoms with Crippen LogP contribution in [0.1, 0.15) is 43.5 Å². The number of amides is 1. The van der Waals surface area contributed by atoms with Gasteiger partial charge in [-0.2, -0.15) is 0 Å². The molecule has 1 heterocycles. The van der Waals surface area contributed by atoms with E-state index in [1.165, 1.54) is 6.42 Å². The number of nitrogens with zero attached hydrogens (tertiary/aromatic N) is 1. The van der Waals surface area contributed by atoms with Gasteiger partial charge in [0, 0.05) is 17.6 Å². The number of anilines is 1. The van der Waals surface area contributed by atoms with Crippen LogP contribution in [0.15, 0.2) is 12.1 Å². The second-order valence-electron chi connectivity index (χ2n) is 4.96. The van der Waals surface area contributed by atoms with Gasteiger partial charge in [-0.25, -0.2) is 4.98 Å². The molecule has 4 nitrogen and oxygen atoms in total. The summed E-state index contributed by atoms with van der Waals surface area (Å²) in [6.45, 7) is 4.78. The third-order valence-electron chi connectivity index (χ3n) is 3.29. The lowest BCUT2D eigenvalue weighted by atomic mass is 9.78. The molecule has 1 aromatic rings. The molecular formula is C13H18ClN3O. The lowest BCUT2D eigenvalue weighted by Crippen LogP contribution is -2.50. The summed E-state index contributed by atoms with van der Waals surface area (Å²) < 4.78 is 0. The summed E-state index contributed by atoms with van der Waals surface area (Å²) in [7, 11) is 0. The van der Waals surface area contributed by atoms with Gasteiger partial charge in [0.25, 0.3) is 5.91 Å². The number of aromatic nitrogens is 1. The van der Waals surface area contributed by atoms with E-state index in [1.807, 2.05) is 6.92 Å². The number of rotatable bonds is 4. The number of nitrogens with one attached hydrogen (secondary N) is 2. The van der Waals surface area contributed by atoms with Gasteiger partial charge in [0.05, 0.1) is 0 Å². The fourth-order valence-corrected chi connectivity index (χ4v) is 2.29. The highest BCUT2D eigenvalue weighted by Gasteiger charge is 2.33. The van der Waals surface area contributed by atoms with Gasteiger partial charge in [-0.05, 0) is 45.2 Å². The van der Waals surface area contributed by atoms with Crippen LogP contribution in [-0.4, -0.2) is 23.0 Å². The molecule has 2 rings (SSSR count). The SMILES string of the molecule is CCNc1cc(C(=O)NC2(C)CCC2)cc(Cl)n1. The van der Waals surface area contributed by atoms with Crippen molar-refractivity contribution in [2.45, 2.75) is 38.6 Å². The highest BCUT2D eigenvalue weighted by molar-refractivity contribution is 6.29. The summed E-state index contributed by atoms with van der Waals surface area (Å²) in [6, 6.07) is 3.33. The first kappa shape index (κ1) is 13.1. The molecule has 0 spiro atoms. The van der Waals surface area contributed by atoms with Crippen molar-refractivity contribution in [2.24, 2.45) is 0 Å². The Labute approximate surface area is 112 Å². The van der Waals surface area contributed by atoms with Gasteiger partial charge in [-0.15, -0.1) is 0 Å². The van der Waals surface area contributed by atoms with Crippen molar-refractivity contribution in [3.05, 3.63) is 22.8 Å². The van der Waals surface area contributed by atoms with Gasteiger partial charge in [0.15, 0.2) is 0 Å². The predicted octanol–water partition coefficient (Wildman–Crippen LogP) is 2.84. The predicted molar refractivity (Wildman–Crippen MR) is 73.1 cm³/mol. The monoisotopic (exact) mass is 267 g/mol. The van der Waals surface area contributed by atoms with Gasteiger partial charge in [0.2, 0.25) is 0 Å². The summed E-state index contributed by atoms with van der Waals surface area (Å²) in [5.41, 5.74) is 0.504. The van der Waals surface area contributed by atoms with Crippen LogP contribution in [0, 0.1) is 0 Å². The molecular weight excluding hydrogens is 250 g/mol. The first-order valence-corrected chi connectivity index (χ1v) is 6.64. The highest BCUT2D eigenvalue weighted by Crippen LogP contribution is 2.31. The van der Waals surface area contributed by atoms with Gasteiger partial charge < -0.3 is 10.6 Å². The van der Waals surface area contributed by atoms with Crippen molar-refractivity contribution in [1.82, 2.24) is 10.3 Å². The Balaban J connectivity index is 2.13. The Kier molecular flexibility index (Phi) is 3.76. The van der Waals surface area contributed by atoms with Crippen LogP contribution in [0.4, 0.5) is 5.82 Å². The molecule has 1 amide bonds. The molecule has 0 aromatic carbocycles. The summed E-state index contributed by atoms with van der Waals surface area (Å²) in [6.07, 6.45) is 3.26. The van der Waals surface area contributed by atoms with E-state index >= 15 is 0 Å². The molecule has 2 N–H and O–H groups in total. The molecule has 1 aromatic heterocycles. The van der Waals surface area contributed by atoms with Crippen LogP contribution in [0.3, 0.4) is 0 Å². The Morgan fingerprint density at radius 3 is 2.78 bits per heavy atom. The maximum Gasteiger partial charge on any atom is 0.251 e. The van der Waals surface area contributed by atoms with Crippen molar-refractivity contribution in [3.8, 4) is 0 Å². The number of carbonyl (C=O) groups is 1. The maximum absolute atomic E-state index is 12.1. The zero-order valence-electron chi connectivity index (χ0n) is 10.7. The first-order valence-electron chi connectivity index (χ1n) is 6.26. The van der Waals surface area contributed by atoms with E-state index < -0.39 is 0 Å². The largest absolute Gasteiger partial charge is 0.370 e. The van der Waals surface area contributed by atoms with Crippen molar-refractivity contribution in [3.63, 3.8) is 0 Å². The smallest absolute Gasteiger partial charge is 0.251 e. The average molecular weight is 268 g/mol. The molecule has 0 radical (unpaired) electrons. The van der Waals surface area contributed by atoms with E-state index in [1.54, 1.807) is 12.1 Å². The van der Waals surface area contributed by atoms with Crippen LogP contribution in [0.25, 0.3) is 0 Å². The molecule has 1 fully saturated rings. The fourth-order valence-electron chi connectivity index (χ4n) is 2.08. The molecule has 1 aliphatic carbocycles. The quantitative estimate of drug-likeness (QED) is 0.825. The lowest BCUT2D eigenvalue weighted by molar-refractivity contribution is 0.0850. The molecule has 18 heavy (non-hydrogen) atoms. The minimum absolute atomic E-state index is 0.0504. The van der Waals surface area contributed by atoms with E-state index in [0.29, 0.717) is 16.5 Å². The number of hydrogen-bond donors (Lipinski definition) is 2. The van der Waals surface area contributed by atoms with E-state index in [9.17, 15) is 4.79 Å². The molecule has 0 bridgehead atoms. The van der Waals surface area contributed by atoms with E-state index in [-0.39, 0.29) is 11.4 Å². The average Bonchev–Trinajstić information content (AvgIpc) is 2.26. The fraction of sp³-hybridized carbons (Fsp3) is 0.538. The highest BCUT2D eigenvalue weighted by atomic mass is 35.5. The van der Waals surface area contributed by atoms with Crippen molar-refractivity contribution in [2.75, 3.05) is 11.9 Å².